The fourth-order valence-electron chi connectivity index (χ4n) is 2.09. The van der Waals surface area contributed by atoms with E-state index >= 15 is 0 Å². The summed E-state index contributed by atoms with van der Waals surface area (Å²) in [4.78, 5) is 0. The van der Waals surface area contributed by atoms with E-state index in [4.69, 9.17) is 9.47 Å². The highest BCUT2D eigenvalue weighted by molar-refractivity contribution is 4.61. The number of hydrogen-bond donors (Lipinski definition) is 2. The topological polar surface area (TPSA) is 50.7 Å². The van der Waals surface area contributed by atoms with Gasteiger partial charge in [0.15, 0.2) is 0 Å². The average molecular weight is 289 g/mol. The van der Waals surface area contributed by atoms with Gasteiger partial charge in [-0.1, -0.05) is 33.1 Å². The number of methoxy groups -OCH3 is 1. The molecule has 122 valence electrons. The Labute approximate surface area is 125 Å². The summed E-state index contributed by atoms with van der Waals surface area (Å²) in [6.45, 7) is 7.99. The Balaban J connectivity index is 3.40. The van der Waals surface area contributed by atoms with E-state index in [9.17, 15) is 5.11 Å². The molecule has 2 unspecified atom stereocenters. The van der Waals surface area contributed by atoms with Gasteiger partial charge < -0.3 is 19.9 Å². The number of rotatable bonds is 15. The smallest absolute Gasteiger partial charge is 0.0897 e. The minimum absolute atomic E-state index is 0.402. The van der Waals surface area contributed by atoms with Crippen LogP contribution >= 0.6 is 0 Å². The predicted octanol–water partition coefficient (Wildman–Crippen LogP) is 2.60. The largest absolute Gasteiger partial charge is 0.389 e. The van der Waals surface area contributed by atoms with Crippen molar-refractivity contribution in [3.05, 3.63) is 0 Å². The molecule has 4 heteroatoms. The van der Waals surface area contributed by atoms with Crippen molar-refractivity contribution in [3.8, 4) is 0 Å². The van der Waals surface area contributed by atoms with E-state index < -0.39 is 6.10 Å². The second-order valence-corrected chi connectivity index (χ2v) is 5.51. The molecule has 0 saturated heterocycles. The normalized spacial score (nSPS) is 14.4. The van der Waals surface area contributed by atoms with E-state index in [0.717, 1.165) is 39.0 Å². The Morgan fingerprint density at radius 3 is 2.55 bits per heavy atom. The summed E-state index contributed by atoms with van der Waals surface area (Å²) in [5.74, 6) is 0.643. The van der Waals surface area contributed by atoms with Crippen molar-refractivity contribution in [2.24, 2.45) is 5.92 Å². The molecule has 0 amide bonds. The van der Waals surface area contributed by atoms with E-state index in [1.807, 2.05) is 0 Å². The van der Waals surface area contributed by atoms with Crippen LogP contribution in [0.25, 0.3) is 0 Å². The minimum atomic E-state index is -0.402. The van der Waals surface area contributed by atoms with Crippen LogP contribution in [0, 0.1) is 5.92 Å². The SMILES string of the molecule is CCCCC(CC)COCC(O)CNCCCCOC. The van der Waals surface area contributed by atoms with Crippen LogP contribution in [0.5, 0.6) is 0 Å². The van der Waals surface area contributed by atoms with Crippen molar-refractivity contribution >= 4 is 0 Å². The van der Waals surface area contributed by atoms with Gasteiger partial charge in [-0.05, 0) is 31.7 Å². The Morgan fingerprint density at radius 2 is 1.90 bits per heavy atom. The van der Waals surface area contributed by atoms with Crippen LogP contribution in [0.1, 0.15) is 52.4 Å². The van der Waals surface area contributed by atoms with Gasteiger partial charge in [0.2, 0.25) is 0 Å². The number of ether oxygens (including phenoxy) is 2. The van der Waals surface area contributed by atoms with Crippen molar-refractivity contribution in [2.75, 3.05) is 40.0 Å². The highest BCUT2D eigenvalue weighted by Crippen LogP contribution is 2.12. The molecule has 0 aromatic carbocycles. The zero-order chi connectivity index (χ0) is 15.1. The summed E-state index contributed by atoms with van der Waals surface area (Å²) >= 11 is 0. The Morgan fingerprint density at radius 1 is 1.10 bits per heavy atom. The van der Waals surface area contributed by atoms with Crippen LogP contribution in [0.3, 0.4) is 0 Å². The molecule has 0 bridgehead atoms. The number of aliphatic hydroxyl groups is 1. The standard InChI is InChI=1S/C16H35NO3/c1-4-6-9-15(5-2)13-20-14-16(18)12-17-10-7-8-11-19-3/h15-18H,4-14H2,1-3H3. The lowest BCUT2D eigenvalue weighted by Gasteiger charge is -2.17. The number of unbranched alkanes of at least 4 members (excludes halogenated alkanes) is 2. The molecule has 0 aliphatic heterocycles. The molecular weight excluding hydrogens is 254 g/mol. The zero-order valence-electron chi connectivity index (χ0n) is 13.7. The molecule has 2 atom stereocenters. The zero-order valence-corrected chi connectivity index (χ0v) is 13.7. The second-order valence-electron chi connectivity index (χ2n) is 5.51. The van der Waals surface area contributed by atoms with Gasteiger partial charge in [0.1, 0.15) is 0 Å². The van der Waals surface area contributed by atoms with E-state index in [-0.39, 0.29) is 0 Å². The van der Waals surface area contributed by atoms with Gasteiger partial charge >= 0.3 is 0 Å². The molecule has 0 aliphatic carbocycles. The van der Waals surface area contributed by atoms with Crippen molar-refractivity contribution in [1.82, 2.24) is 5.32 Å². The van der Waals surface area contributed by atoms with Crippen LogP contribution in [0.15, 0.2) is 0 Å². The van der Waals surface area contributed by atoms with Crippen LogP contribution in [0.2, 0.25) is 0 Å². The first kappa shape index (κ1) is 19.8. The van der Waals surface area contributed by atoms with Gasteiger partial charge in [0, 0.05) is 26.9 Å². The van der Waals surface area contributed by atoms with Crippen molar-refractivity contribution in [2.45, 2.75) is 58.5 Å². The van der Waals surface area contributed by atoms with Gasteiger partial charge in [-0.15, -0.1) is 0 Å². The summed E-state index contributed by atoms with van der Waals surface area (Å²) in [5.41, 5.74) is 0. The first-order chi connectivity index (χ1) is 9.74. The fourth-order valence-corrected chi connectivity index (χ4v) is 2.09. The summed E-state index contributed by atoms with van der Waals surface area (Å²) in [6.07, 6.45) is 6.65. The third-order valence-corrected chi connectivity index (χ3v) is 3.54. The molecule has 0 saturated carbocycles. The van der Waals surface area contributed by atoms with Gasteiger partial charge in [-0.2, -0.15) is 0 Å². The van der Waals surface area contributed by atoms with Crippen molar-refractivity contribution < 1.29 is 14.6 Å². The number of nitrogens with one attached hydrogen (secondary N) is 1. The molecule has 0 radical (unpaired) electrons. The lowest BCUT2D eigenvalue weighted by molar-refractivity contribution is 0.0194. The van der Waals surface area contributed by atoms with Crippen molar-refractivity contribution in [3.63, 3.8) is 0 Å². The second kappa shape index (κ2) is 15.2. The molecular formula is C16H35NO3. The molecule has 0 fully saturated rings. The minimum Gasteiger partial charge on any atom is -0.389 e. The van der Waals surface area contributed by atoms with E-state index in [0.29, 0.717) is 19.1 Å². The van der Waals surface area contributed by atoms with Crippen molar-refractivity contribution in [1.29, 1.82) is 0 Å². The van der Waals surface area contributed by atoms with Crippen LogP contribution < -0.4 is 5.32 Å². The number of hydrogen-bond acceptors (Lipinski definition) is 4. The fraction of sp³-hybridized carbons (Fsp3) is 1.00. The highest BCUT2D eigenvalue weighted by atomic mass is 16.5. The summed E-state index contributed by atoms with van der Waals surface area (Å²) in [6, 6.07) is 0. The van der Waals surface area contributed by atoms with E-state index in [1.165, 1.54) is 19.3 Å². The average Bonchev–Trinajstić information content (AvgIpc) is 2.46. The highest BCUT2D eigenvalue weighted by Gasteiger charge is 2.08. The Bertz CT molecular complexity index is 191. The first-order valence-electron chi connectivity index (χ1n) is 8.20. The molecule has 0 heterocycles. The summed E-state index contributed by atoms with van der Waals surface area (Å²) in [5, 5.41) is 13.0. The maximum atomic E-state index is 9.80. The quantitative estimate of drug-likeness (QED) is 0.455. The first-order valence-corrected chi connectivity index (χ1v) is 8.20. The Hall–Kier alpha value is -0.160. The molecule has 0 rings (SSSR count). The van der Waals surface area contributed by atoms with Gasteiger partial charge in [0.25, 0.3) is 0 Å². The molecule has 20 heavy (non-hydrogen) atoms. The predicted molar refractivity (Wildman–Crippen MR) is 84.1 cm³/mol. The van der Waals surface area contributed by atoms with Crippen LogP contribution in [0.4, 0.5) is 0 Å². The third kappa shape index (κ3) is 12.9. The third-order valence-electron chi connectivity index (χ3n) is 3.54. The Kier molecular flexibility index (Phi) is 15.1. The summed E-state index contributed by atoms with van der Waals surface area (Å²) < 4.78 is 10.6. The number of aliphatic hydroxyl groups excluding tert-OH is 1. The van der Waals surface area contributed by atoms with E-state index in [2.05, 4.69) is 19.2 Å². The maximum absolute atomic E-state index is 9.80. The van der Waals surface area contributed by atoms with Crippen LogP contribution in [-0.2, 0) is 9.47 Å². The summed E-state index contributed by atoms with van der Waals surface area (Å²) in [7, 11) is 1.72. The lowest BCUT2D eigenvalue weighted by Crippen LogP contribution is -2.31. The van der Waals surface area contributed by atoms with Gasteiger partial charge in [0.05, 0.1) is 12.7 Å². The molecule has 2 N–H and O–H groups in total. The van der Waals surface area contributed by atoms with E-state index in [1.54, 1.807) is 7.11 Å². The molecule has 0 aliphatic rings. The lowest BCUT2D eigenvalue weighted by atomic mass is 10.0. The molecule has 0 spiro atoms. The monoisotopic (exact) mass is 289 g/mol. The van der Waals surface area contributed by atoms with Gasteiger partial charge in [-0.3, -0.25) is 0 Å². The molecule has 4 nitrogen and oxygen atoms in total. The van der Waals surface area contributed by atoms with Crippen LogP contribution in [-0.4, -0.2) is 51.2 Å². The maximum Gasteiger partial charge on any atom is 0.0897 e. The van der Waals surface area contributed by atoms with Gasteiger partial charge in [-0.25, -0.2) is 0 Å². The molecule has 0 aromatic heterocycles. The molecule has 0 aromatic rings.